The van der Waals surface area contributed by atoms with Crippen LogP contribution in [-0.4, -0.2) is 25.1 Å². The van der Waals surface area contributed by atoms with Gasteiger partial charge in [0.15, 0.2) is 0 Å². The molecule has 0 bridgehead atoms. The Morgan fingerprint density at radius 3 is 2.71 bits per heavy atom. The average Bonchev–Trinajstić information content (AvgIpc) is 2.30. The Morgan fingerprint density at radius 1 is 1.29 bits per heavy atom. The van der Waals surface area contributed by atoms with Crippen LogP contribution in [0.2, 0.25) is 0 Å². The largest absolute Gasteiger partial charge is 0.494 e. The van der Waals surface area contributed by atoms with Crippen molar-refractivity contribution in [1.82, 2.24) is 4.90 Å². The van der Waals surface area contributed by atoms with Gasteiger partial charge in [0.25, 0.3) is 0 Å². The molecule has 0 fully saturated rings. The first kappa shape index (κ1) is 13.8. The highest BCUT2D eigenvalue weighted by molar-refractivity contribution is 5.47. The molecule has 0 saturated carbocycles. The van der Waals surface area contributed by atoms with Gasteiger partial charge in [-0.05, 0) is 45.1 Å². The predicted octanol–water partition coefficient (Wildman–Crippen LogP) is 2.90. The Kier molecular flexibility index (Phi) is 5.84. The molecule has 0 atom stereocenters. The van der Waals surface area contributed by atoms with Gasteiger partial charge in [-0.3, -0.25) is 0 Å². The quantitative estimate of drug-likeness (QED) is 0.740. The fourth-order valence-electron chi connectivity index (χ4n) is 1.82. The van der Waals surface area contributed by atoms with Crippen molar-refractivity contribution in [2.24, 2.45) is 0 Å². The minimum absolute atomic E-state index is 0.690. The summed E-state index contributed by atoms with van der Waals surface area (Å²) >= 11 is 0. The lowest BCUT2D eigenvalue weighted by atomic mass is 10.1. The van der Waals surface area contributed by atoms with Crippen molar-refractivity contribution in [3.63, 3.8) is 0 Å². The maximum atomic E-state index is 5.83. The fourth-order valence-corrected chi connectivity index (χ4v) is 1.82. The van der Waals surface area contributed by atoms with Crippen molar-refractivity contribution in [3.05, 3.63) is 23.8 Å². The van der Waals surface area contributed by atoms with Crippen LogP contribution in [0.3, 0.4) is 0 Å². The third kappa shape index (κ3) is 4.65. The van der Waals surface area contributed by atoms with Gasteiger partial charge in [-0.2, -0.15) is 0 Å². The van der Waals surface area contributed by atoms with Crippen LogP contribution in [0.4, 0.5) is 5.69 Å². The molecule has 1 rings (SSSR count). The topological polar surface area (TPSA) is 38.5 Å². The Hall–Kier alpha value is -1.22. The van der Waals surface area contributed by atoms with E-state index in [4.69, 9.17) is 10.5 Å². The molecule has 0 heterocycles. The van der Waals surface area contributed by atoms with E-state index >= 15 is 0 Å². The molecule has 17 heavy (non-hydrogen) atoms. The molecule has 2 N–H and O–H groups in total. The summed E-state index contributed by atoms with van der Waals surface area (Å²) < 4.78 is 5.62. The lowest BCUT2D eigenvalue weighted by Crippen LogP contribution is -2.19. The number of hydrogen-bond acceptors (Lipinski definition) is 3. The summed E-state index contributed by atoms with van der Waals surface area (Å²) in [5, 5.41) is 0. The minimum atomic E-state index is 0.690. The van der Waals surface area contributed by atoms with Crippen molar-refractivity contribution >= 4 is 5.69 Å². The zero-order valence-corrected chi connectivity index (χ0v) is 11.2. The maximum Gasteiger partial charge on any atom is 0.123 e. The van der Waals surface area contributed by atoms with Crippen molar-refractivity contribution < 1.29 is 4.74 Å². The van der Waals surface area contributed by atoms with Crippen LogP contribution >= 0.6 is 0 Å². The zero-order chi connectivity index (χ0) is 12.7. The highest BCUT2D eigenvalue weighted by Gasteiger charge is 2.07. The van der Waals surface area contributed by atoms with Crippen LogP contribution in [0.25, 0.3) is 0 Å². The maximum absolute atomic E-state index is 5.83. The van der Waals surface area contributed by atoms with Crippen molar-refractivity contribution in [1.29, 1.82) is 0 Å². The van der Waals surface area contributed by atoms with Gasteiger partial charge in [0.1, 0.15) is 5.75 Å². The number of hydrogen-bond donors (Lipinski definition) is 1. The van der Waals surface area contributed by atoms with E-state index in [9.17, 15) is 0 Å². The molecule has 1 aromatic rings. The van der Waals surface area contributed by atoms with E-state index in [-0.39, 0.29) is 0 Å². The lowest BCUT2D eigenvalue weighted by molar-refractivity contribution is 0.300. The number of unbranched alkanes of at least 4 members (excludes halogenated alkanes) is 1. The molecule has 0 spiro atoms. The predicted molar refractivity (Wildman–Crippen MR) is 73.3 cm³/mol. The lowest BCUT2D eigenvalue weighted by Gasteiger charge is -2.18. The van der Waals surface area contributed by atoms with E-state index in [1.807, 2.05) is 25.1 Å². The van der Waals surface area contributed by atoms with E-state index in [0.717, 1.165) is 24.5 Å². The summed E-state index contributed by atoms with van der Waals surface area (Å²) in [6.45, 7) is 6.90. The number of nitrogens with two attached hydrogens (primary N) is 1. The molecule has 0 radical (unpaired) electrons. The number of anilines is 1. The van der Waals surface area contributed by atoms with E-state index in [0.29, 0.717) is 6.61 Å². The summed E-state index contributed by atoms with van der Waals surface area (Å²) in [4.78, 5) is 2.31. The summed E-state index contributed by atoms with van der Waals surface area (Å²) in [5.41, 5.74) is 7.80. The summed E-state index contributed by atoms with van der Waals surface area (Å²) in [6.07, 6.45) is 2.45. The molecule has 0 unspecified atom stereocenters. The van der Waals surface area contributed by atoms with Crippen LogP contribution in [0.1, 0.15) is 32.3 Å². The summed E-state index contributed by atoms with van der Waals surface area (Å²) in [7, 11) is 2.13. The number of benzene rings is 1. The van der Waals surface area contributed by atoms with E-state index in [1.165, 1.54) is 18.4 Å². The Balaban J connectivity index is 2.69. The highest BCUT2D eigenvalue weighted by atomic mass is 16.5. The van der Waals surface area contributed by atoms with Crippen LogP contribution in [0.5, 0.6) is 5.75 Å². The molecule has 0 aliphatic carbocycles. The molecule has 0 aliphatic heterocycles. The fraction of sp³-hybridized carbons (Fsp3) is 0.571. The molecule has 0 aromatic heterocycles. The molecular weight excluding hydrogens is 212 g/mol. The monoisotopic (exact) mass is 236 g/mol. The van der Waals surface area contributed by atoms with Crippen LogP contribution < -0.4 is 10.5 Å². The molecule has 3 nitrogen and oxygen atoms in total. The van der Waals surface area contributed by atoms with Crippen LogP contribution in [0.15, 0.2) is 18.2 Å². The van der Waals surface area contributed by atoms with Gasteiger partial charge in [-0.25, -0.2) is 0 Å². The molecular formula is C14H24N2O. The van der Waals surface area contributed by atoms with Crippen molar-refractivity contribution in [2.75, 3.05) is 25.9 Å². The van der Waals surface area contributed by atoms with E-state index < -0.39 is 0 Å². The third-order valence-electron chi connectivity index (χ3n) is 2.72. The van der Waals surface area contributed by atoms with Gasteiger partial charge in [-0.15, -0.1) is 0 Å². The van der Waals surface area contributed by atoms with Crippen molar-refractivity contribution in [2.45, 2.75) is 33.2 Å². The molecule has 0 saturated heterocycles. The molecule has 0 amide bonds. The Bertz CT molecular complexity index is 339. The van der Waals surface area contributed by atoms with Crippen LogP contribution in [-0.2, 0) is 6.54 Å². The third-order valence-corrected chi connectivity index (χ3v) is 2.72. The normalized spacial score (nSPS) is 10.8. The molecule has 0 aliphatic rings. The highest BCUT2D eigenvalue weighted by Crippen LogP contribution is 2.22. The number of nitrogen functional groups attached to an aromatic ring is 1. The first-order chi connectivity index (χ1) is 8.17. The smallest absolute Gasteiger partial charge is 0.123 e. The van der Waals surface area contributed by atoms with Gasteiger partial charge in [0.2, 0.25) is 0 Å². The van der Waals surface area contributed by atoms with Crippen molar-refractivity contribution in [3.8, 4) is 5.75 Å². The molecule has 1 aromatic carbocycles. The second-order valence-corrected chi connectivity index (χ2v) is 4.39. The summed E-state index contributed by atoms with van der Waals surface area (Å²) in [6, 6.07) is 5.86. The molecule has 3 heteroatoms. The molecule has 96 valence electrons. The second kappa shape index (κ2) is 7.17. The first-order valence-electron chi connectivity index (χ1n) is 6.37. The zero-order valence-electron chi connectivity index (χ0n) is 11.2. The average molecular weight is 236 g/mol. The standard InChI is InChI=1S/C14H24N2O/c1-4-6-9-16(3)11-12-10-13(15)7-8-14(12)17-5-2/h7-8,10H,4-6,9,11,15H2,1-3H3. The Morgan fingerprint density at radius 2 is 2.06 bits per heavy atom. The van der Waals surface area contributed by atoms with Crippen LogP contribution in [0, 0.1) is 0 Å². The van der Waals surface area contributed by atoms with Gasteiger partial charge < -0.3 is 15.4 Å². The van der Waals surface area contributed by atoms with E-state index in [2.05, 4.69) is 18.9 Å². The SMILES string of the molecule is CCCCN(C)Cc1cc(N)ccc1OCC. The number of nitrogens with zero attached hydrogens (tertiary/aromatic N) is 1. The number of ether oxygens (including phenoxy) is 1. The number of rotatable bonds is 7. The van der Waals surface area contributed by atoms with Gasteiger partial charge in [0, 0.05) is 17.8 Å². The van der Waals surface area contributed by atoms with Gasteiger partial charge in [-0.1, -0.05) is 13.3 Å². The summed E-state index contributed by atoms with van der Waals surface area (Å²) in [5.74, 6) is 0.949. The van der Waals surface area contributed by atoms with Gasteiger partial charge in [0.05, 0.1) is 6.61 Å². The first-order valence-corrected chi connectivity index (χ1v) is 6.37. The Labute approximate surface area is 105 Å². The van der Waals surface area contributed by atoms with Gasteiger partial charge >= 0.3 is 0 Å². The second-order valence-electron chi connectivity index (χ2n) is 4.39. The minimum Gasteiger partial charge on any atom is -0.494 e. The van der Waals surface area contributed by atoms with E-state index in [1.54, 1.807) is 0 Å².